The molecule has 0 atom stereocenters. The summed E-state index contributed by atoms with van der Waals surface area (Å²) in [4.78, 5) is 13.8. The van der Waals surface area contributed by atoms with E-state index in [4.69, 9.17) is 21.4 Å². The van der Waals surface area contributed by atoms with E-state index in [0.717, 1.165) is 11.3 Å². The quantitative estimate of drug-likeness (QED) is 0.415. The smallest absolute Gasteiger partial charge is 0.165 e. The average Bonchev–Trinajstić information content (AvgIpc) is 3.18. The van der Waals surface area contributed by atoms with Crippen LogP contribution < -0.4 is 11.5 Å². The molecule has 0 radical (unpaired) electrons. The van der Waals surface area contributed by atoms with E-state index in [1.165, 1.54) is 6.07 Å². The van der Waals surface area contributed by atoms with Crippen LogP contribution in [0.15, 0.2) is 79.0 Å². The fraction of sp³-hybridized carbons (Fsp3) is 0.0417. The lowest BCUT2D eigenvalue weighted by molar-refractivity contribution is 0.609. The summed E-state index contributed by atoms with van der Waals surface area (Å²) in [6, 6.07) is 22.2. The molecule has 2 aromatic carbocycles. The zero-order valence-corrected chi connectivity index (χ0v) is 17.8. The van der Waals surface area contributed by atoms with Crippen molar-refractivity contribution >= 4 is 29.4 Å². The van der Waals surface area contributed by atoms with Crippen LogP contribution in [-0.2, 0) is 6.54 Å². The second-order valence-corrected chi connectivity index (χ2v) is 7.09. The Morgan fingerprint density at radius 1 is 0.906 bits per heavy atom. The van der Waals surface area contributed by atoms with E-state index in [9.17, 15) is 4.39 Å². The first-order chi connectivity index (χ1) is 15.2. The van der Waals surface area contributed by atoms with Gasteiger partial charge in [-0.3, -0.25) is 4.57 Å². The summed E-state index contributed by atoms with van der Waals surface area (Å²) in [6.07, 6.45) is 1.62. The molecule has 160 valence electrons. The van der Waals surface area contributed by atoms with Gasteiger partial charge in [-0.1, -0.05) is 36.4 Å². The predicted molar refractivity (Wildman–Crippen MR) is 127 cm³/mol. The fourth-order valence-electron chi connectivity index (χ4n) is 3.60. The van der Waals surface area contributed by atoms with E-state index >= 15 is 0 Å². The maximum absolute atomic E-state index is 14.6. The number of halogens is 2. The molecular formula is C24H20ClFN6. The van der Waals surface area contributed by atoms with Crippen molar-refractivity contribution in [3.8, 4) is 28.3 Å². The van der Waals surface area contributed by atoms with Crippen molar-refractivity contribution in [1.82, 2.24) is 19.5 Å². The molecule has 3 aromatic heterocycles. The first kappa shape index (κ1) is 21.4. The highest BCUT2D eigenvalue weighted by Gasteiger charge is 2.19. The van der Waals surface area contributed by atoms with Crippen LogP contribution in [0.2, 0.25) is 0 Å². The van der Waals surface area contributed by atoms with Crippen LogP contribution in [0.1, 0.15) is 5.56 Å². The Balaban J connectivity index is 0.00000245. The van der Waals surface area contributed by atoms with Gasteiger partial charge in [-0.25, -0.2) is 19.3 Å². The summed E-state index contributed by atoms with van der Waals surface area (Å²) in [7, 11) is 0. The third kappa shape index (κ3) is 3.68. The topological polar surface area (TPSA) is 95.6 Å². The lowest BCUT2D eigenvalue weighted by atomic mass is 10.1. The largest absolute Gasteiger partial charge is 0.383 e. The number of rotatable bonds is 4. The monoisotopic (exact) mass is 446 g/mol. The summed E-state index contributed by atoms with van der Waals surface area (Å²) in [5.41, 5.74) is 16.5. The first-order valence-corrected chi connectivity index (χ1v) is 9.80. The van der Waals surface area contributed by atoms with Gasteiger partial charge < -0.3 is 11.5 Å². The maximum Gasteiger partial charge on any atom is 0.165 e. The number of nitrogens with two attached hydrogens (primary N) is 2. The second kappa shape index (κ2) is 8.74. The van der Waals surface area contributed by atoms with Gasteiger partial charge in [0.1, 0.15) is 17.2 Å². The van der Waals surface area contributed by atoms with Gasteiger partial charge in [0.15, 0.2) is 11.5 Å². The fourth-order valence-corrected chi connectivity index (χ4v) is 3.60. The highest BCUT2D eigenvalue weighted by molar-refractivity contribution is 5.85. The van der Waals surface area contributed by atoms with E-state index in [1.807, 2.05) is 48.5 Å². The third-order valence-corrected chi connectivity index (χ3v) is 5.17. The van der Waals surface area contributed by atoms with E-state index < -0.39 is 0 Å². The van der Waals surface area contributed by atoms with Crippen LogP contribution in [0.25, 0.3) is 39.5 Å². The summed E-state index contributed by atoms with van der Waals surface area (Å²) in [6.45, 7) is 0.121. The maximum atomic E-state index is 14.6. The lowest BCUT2D eigenvalue weighted by Crippen LogP contribution is -2.05. The first-order valence-electron chi connectivity index (χ1n) is 9.80. The Kier molecular flexibility index (Phi) is 5.85. The van der Waals surface area contributed by atoms with Gasteiger partial charge in [0.05, 0.1) is 16.9 Å². The molecule has 8 heteroatoms. The minimum absolute atomic E-state index is 0. The lowest BCUT2D eigenvalue weighted by Gasteiger charge is -2.12. The Morgan fingerprint density at radius 2 is 1.72 bits per heavy atom. The number of aromatic nitrogens is 4. The molecule has 0 saturated carbocycles. The molecule has 6 nitrogen and oxygen atoms in total. The third-order valence-electron chi connectivity index (χ3n) is 5.17. The van der Waals surface area contributed by atoms with Gasteiger partial charge in [0.2, 0.25) is 0 Å². The molecular weight excluding hydrogens is 427 g/mol. The molecule has 0 unspecified atom stereocenters. The van der Waals surface area contributed by atoms with Crippen LogP contribution >= 0.6 is 12.4 Å². The molecule has 5 rings (SSSR count). The number of imidazole rings is 1. The number of hydrogen-bond acceptors (Lipinski definition) is 5. The minimum Gasteiger partial charge on any atom is -0.383 e. The number of fused-ring (bicyclic) bond motifs is 1. The molecule has 0 aliphatic carbocycles. The highest BCUT2D eigenvalue weighted by atomic mass is 35.5. The number of hydrogen-bond donors (Lipinski definition) is 2. The van der Waals surface area contributed by atoms with Crippen molar-refractivity contribution in [1.29, 1.82) is 0 Å². The molecule has 0 bridgehead atoms. The number of nitrogen functional groups attached to an aromatic ring is 1. The molecule has 0 amide bonds. The predicted octanol–water partition coefficient (Wildman–Crippen LogP) is 4.75. The Bertz CT molecular complexity index is 1400. The van der Waals surface area contributed by atoms with Crippen molar-refractivity contribution in [2.24, 2.45) is 5.73 Å². The van der Waals surface area contributed by atoms with E-state index in [0.29, 0.717) is 39.6 Å². The van der Waals surface area contributed by atoms with Gasteiger partial charge in [0.25, 0.3) is 0 Å². The molecule has 0 aliphatic heterocycles. The summed E-state index contributed by atoms with van der Waals surface area (Å²) < 4.78 is 16.4. The standard InChI is InChI=1S/C24H19FN6.ClH/c25-19-13-17(9-8-16(19)14-26)31-23(18-7-4-12-28-22(18)27)30-21-11-10-20(29-24(21)31)15-5-2-1-3-6-15;/h1-13H,14,26H2,(H2,27,28);1H. The van der Waals surface area contributed by atoms with Crippen molar-refractivity contribution in [2.45, 2.75) is 6.54 Å². The molecule has 5 aromatic rings. The van der Waals surface area contributed by atoms with E-state index in [2.05, 4.69) is 4.98 Å². The van der Waals surface area contributed by atoms with Crippen molar-refractivity contribution in [2.75, 3.05) is 5.73 Å². The van der Waals surface area contributed by atoms with Gasteiger partial charge in [-0.05, 0) is 36.4 Å². The Labute approximate surface area is 190 Å². The minimum atomic E-state index is -0.383. The summed E-state index contributed by atoms with van der Waals surface area (Å²) in [5.74, 6) is 0.491. The normalized spacial score (nSPS) is 10.8. The van der Waals surface area contributed by atoms with Crippen molar-refractivity contribution in [3.63, 3.8) is 0 Å². The molecule has 0 aliphatic rings. The Hall–Kier alpha value is -3.81. The SMILES string of the molecule is Cl.NCc1ccc(-n2c(-c3cccnc3N)nc3ccc(-c4ccccc4)nc32)cc1F. The average molecular weight is 447 g/mol. The molecule has 0 spiro atoms. The van der Waals surface area contributed by atoms with Crippen molar-refractivity contribution < 1.29 is 4.39 Å². The second-order valence-electron chi connectivity index (χ2n) is 7.09. The van der Waals surface area contributed by atoms with Crippen LogP contribution in [0, 0.1) is 5.82 Å². The summed E-state index contributed by atoms with van der Waals surface area (Å²) in [5, 5.41) is 0. The number of anilines is 1. The molecule has 0 saturated heterocycles. The zero-order valence-electron chi connectivity index (χ0n) is 16.9. The number of pyridine rings is 2. The van der Waals surface area contributed by atoms with Gasteiger partial charge in [-0.2, -0.15) is 0 Å². The van der Waals surface area contributed by atoms with Gasteiger partial charge in [0, 0.05) is 23.9 Å². The van der Waals surface area contributed by atoms with E-state index in [1.54, 1.807) is 29.0 Å². The molecule has 32 heavy (non-hydrogen) atoms. The number of nitrogens with zero attached hydrogens (tertiary/aromatic N) is 4. The molecule has 3 heterocycles. The van der Waals surface area contributed by atoms with Crippen molar-refractivity contribution in [3.05, 3.63) is 90.4 Å². The zero-order chi connectivity index (χ0) is 21.4. The molecule has 4 N–H and O–H groups in total. The summed E-state index contributed by atoms with van der Waals surface area (Å²) >= 11 is 0. The number of benzene rings is 2. The van der Waals surface area contributed by atoms with Gasteiger partial charge >= 0.3 is 0 Å². The highest BCUT2D eigenvalue weighted by Crippen LogP contribution is 2.32. The van der Waals surface area contributed by atoms with Crippen LogP contribution in [0.4, 0.5) is 10.2 Å². The van der Waals surface area contributed by atoms with Crippen LogP contribution in [-0.4, -0.2) is 19.5 Å². The molecule has 0 fully saturated rings. The van der Waals surface area contributed by atoms with Crippen LogP contribution in [0.5, 0.6) is 0 Å². The van der Waals surface area contributed by atoms with Gasteiger partial charge in [-0.15, -0.1) is 12.4 Å². The van der Waals surface area contributed by atoms with E-state index in [-0.39, 0.29) is 24.8 Å². The Morgan fingerprint density at radius 3 is 2.44 bits per heavy atom. The van der Waals surface area contributed by atoms with Crippen LogP contribution in [0.3, 0.4) is 0 Å².